The summed E-state index contributed by atoms with van der Waals surface area (Å²) in [6.07, 6.45) is 1.17. The third kappa shape index (κ3) is 4.57. The van der Waals surface area contributed by atoms with Crippen LogP contribution in [0.3, 0.4) is 0 Å². The van der Waals surface area contributed by atoms with Crippen molar-refractivity contribution in [3.05, 3.63) is 24.2 Å². The van der Waals surface area contributed by atoms with E-state index >= 15 is 0 Å². The molecular weight excluding hydrogens is 322 g/mol. The Morgan fingerprint density at radius 3 is 2.09 bits per heavy atom. The van der Waals surface area contributed by atoms with Gasteiger partial charge in [0.05, 0.1) is 12.4 Å². The van der Waals surface area contributed by atoms with Crippen molar-refractivity contribution in [3.8, 4) is 6.07 Å². The molecule has 0 fully saturated rings. The molecule has 4 nitrogen and oxygen atoms in total. The van der Waals surface area contributed by atoms with Crippen LogP contribution >= 0.6 is 0 Å². The lowest BCUT2D eigenvalue weighted by Crippen LogP contribution is -2.53. The summed E-state index contributed by atoms with van der Waals surface area (Å²) in [4.78, 5) is 0. The van der Waals surface area contributed by atoms with Gasteiger partial charge >= 0.3 is 0 Å². The van der Waals surface area contributed by atoms with Crippen LogP contribution in [-0.2, 0) is 14.5 Å². The van der Waals surface area contributed by atoms with Gasteiger partial charge < -0.3 is 13.3 Å². The van der Waals surface area contributed by atoms with Crippen molar-refractivity contribution in [1.82, 2.24) is 0 Å². The van der Waals surface area contributed by atoms with Gasteiger partial charge in [-0.25, -0.2) is 0 Å². The minimum atomic E-state index is -2.04. The summed E-state index contributed by atoms with van der Waals surface area (Å²) in [6, 6.07) is 5.95. The summed E-state index contributed by atoms with van der Waals surface area (Å²) in [7, 11) is -4.04. The monoisotopic (exact) mass is 353 g/mol. The lowest BCUT2D eigenvalue weighted by molar-refractivity contribution is -0.0201. The van der Waals surface area contributed by atoms with Crippen LogP contribution in [0.2, 0.25) is 37.8 Å². The van der Waals surface area contributed by atoms with E-state index in [1.807, 2.05) is 6.92 Å². The van der Waals surface area contributed by atoms with Gasteiger partial charge in [-0.1, -0.05) is 20.8 Å². The lowest BCUT2D eigenvalue weighted by Gasteiger charge is -2.43. The number of hydrogen-bond acceptors (Lipinski definition) is 4. The number of hydrogen-bond donors (Lipinski definition) is 0. The Morgan fingerprint density at radius 1 is 1.17 bits per heavy atom. The van der Waals surface area contributed by atoms with Crippen molar-refractivity contribution in [2.45, 2.75) is 77.2 Å². The van der Waals surface area contributed by atoms with Crippen molar-refractivity contribution in [3.63, 3.8) is 0 Å². The van der Waals surface area contributed by atoms with E-state index in [1.165, 1.54) is 0 Å². The van der Waals surface area contributed by atoms with E-state index in [1.54, 1.807) is 18.4 Å². The second-order valence-corrected chi connectivity index (χ2v) is 17.7. The van der Waals surface area contributed by atoms with Gasteiger partial charge in [0.15, 0.2) is 22.4 Å². The predicted molar refractivity (Wildman–Crippen MR) is 98.2 cm³/mol. The molecule has 130 valence electrons. The second-order valence-electron chi connectivity index (χ2n) is 8.56. The molecule has 1 aromatic heterocycles. The highest BCUT2D eigenvalue weighted by molar-refractivity contribution is 6.74. The van der Waals surface area contributed by atoms with Crippen LogP contribution < -0.4 is 0 Å². The minimum Gasteiger partial charge on any atom is -0.465 e. The molecule has 0 unspecified atom stereocenters. The zero-order valence-corrected chi connectivity index (χ0v) is 18.0. The first-order chi connectivity index (χ1) is 10.3. The lowest BCUT2D eigenvalue weighted by atomic mass is 9.97. The molecular formula is C17H31NO3Si2. The fourth-order valence-corrected chi connectivity index (χ4v) is 4.86. The summed E-state index contributed by atoms with van der Waals surface area (Å²) < 4.78 is 18.4. The molecule has 0 bridgehead atoms. The first kappa shape index (κ1) is 20.2. The Morgan fingerprint density at radius 2 is 1.74 bits per heavy atom. The maximum absolute atomic E-state index is 10.0. The summed E-state index contributed by atoms with van der Waals surface area (Å²) in [5, 5.41) is 10.1. The average Bonchev–Trinajstić information content (AvgIpc) is 2.86. The van der Waals surface area contributed by atoms with Crippen molar-refractivity contribution < 1.29 is 13.3 Å². The van der Waals surface area contributed by atoms with Gasteiger partial charge in [-0.2, -0.15) is 5.26 Å². The highest BCUT2D eigenvalue weighted by Gasteiger charge is 2.50. The maximum Gasteiger partial charge on any atom is 0.227 e. The van der Waals surface area contributed by atoms with E-state index in [-0.39, 0.29) is 5.04 Å². The molecule has 0 radical (unpaired) electrons. The van der Waals surface area contributed by atoms with Crippen LogP contribution in [0.25, 0.3) is 0 Å². The number of nitrogens with zero attached hydrogens (tertiary/aromatic N) is 1. The molecule has 0 aromatic carbocycles. The van der Waals surface area contributed by atoms with Crippen LogP contribution in [-0.4, -0.2) is 22.7 Å². The Labute approximate surface area is 143 Å². The molecule has 1 heterocycles. The molecule has 23 heavy (non-hydrogen) atoms. The smallest absolute Gasteiger partial charge is 0.227 e. The fourth-order valence-electron chi connectivity index (χ4n) is 2.18. The SMILES string of the molecule is C[C@H](O[Si](C)(C)C(C)(C)C)[C@@](C#N)(O[Si](C)(C)C)c1ccco1. The molecule has 0 N–H and O–H groups in total. The van der Waals surface area contributed by atoms with Gasteiger partial charge in [-0.05, 0) is 56.8 Å². The first-order valence-electron chi connectivity index (χ1n) is 8.08. The third-order valence-electron chi connectivity index (χ3n) is 4.37. The Balaban J connectivity index is 3.28. The minimum absolute atomic E-state index is 0.0603. The van der Waals surface area contributed by atoms with E-state index in [0.717, 1.165) is 0 Å². The van der Waals surface area contributed by atoms with E-state index in [2.05, 4.69) is 59.6 Å². The molecule has 2 atom stereocenters. The van der Waals surface area contributed by atoms with Crippen LogP contribution in [0.15, 0.2) is 22.8 Å². The molecule has 0 saturated carbocycles. The molecule has 0 aliphatic rings. The van der Waals surface area contributed by atoms with Gasteiger partial charge in [-0.15, -0.1) is 0 Å². The van der Waals surface area contributed by atoms with E-state index in [4.69, 9.17) is 13.3 Å². The molecule has 0 spiro atoms. The van der Waals surface area contributed by atoms with Gasteiger partial charge in [0, 0.05) is 0 Å². The summed E-state index contributed by atoms with van der Waals surface area (Å²) in [5.74, 6) is 0.522. The molecule has 0 aliphatic heterocycles. The van der Waals surface area contributed by atoms with Crippen LogP contribution in [0.5, 0.6) is 0 Å². The summed E-state index contributed by atoms with van der Waals surface area (Å²) in [5.41, 5.74) is -1.20. The quantitative estimate of drug-likeness (QED) is 0.654. The fraction of sp³-hybridized carbons (Fsp3) is 0.706. The molecule has 1 rings (SSSR count). The maximum atomic E-state index is 10.0. The number of rotatable bonds is 6. The number of furan rings is 1. The van der Waals surface area contributed by atoms with E-state index in [0.29, 0.717) is 5.76 Å². The van der Waals surface area contributed by atoms with Gasteiger partial charge in [-0.3, -0.25) is 0 Å². The zero-order chi connectivity index (χ0) is 18.1. The van der Waals surface area contributed by atoms with Crippen LogP contribution in [0, 0.1) is 11.3 Å². The van der Waals surface area contributed by atoms with Gasteiger partial charge in [0.1, 0.15) is 6.07 Å². The standard InChI is InChI=1S/C17H31NO3Si2/c1-14(20-23(8,9)16(2,3)4)17(13-18,21-22(5,6)7)15-11-10-12-19-15/h10-12,14H,1-9H3/t14-,17+/m0/s1. The molecule has 1 aromatic rings. The van der Waals surface area contributed by atoms with Crippen LogP contribution in [0.1, 0.15) is 33.5 Å². The number of nitriles is 1. The van der Waals surface area contributed by atoms with Crippen molar-refractivity contribution in [2.24, 2.45) is 0 Å². The molecule has 0 amide bonds. The second kappa shape index (κ2) is 6.56. The normalized spacial score (nSPS) is 17.4. The third-order valence-corrected chi connectivity index (χ3v) is 9.86. The van der Waals surface area contributed by atoms with Crippen molar-refractivity contribution >= 4 is 16.6 Å². The van der Waals surface area contributed by atoms with Crippen molar-refractivity contribution in [1.29, 1.82) is 5.26 Å². The first-order valence-corrected chi connectivity index (χ1v) is 14.4. The Hall–Kier alpha value is -0.876. The molecule has 6 heteroatoms. The van der Waals surface area contributed by atoms with E-state index < -0.39 is 28.3 Å². The van der Waals surface area contributed by atoms with Crippen LogP contribution in [0.4, 0.5) is 0 Å². The topological polar surface area (TPSA) is 55.4 Å². The van der Waals surface area contributed by atoms with Gasteiger partial charge in [0.25, 0.3) is 0 Å². The zero-order valence-electron chi connectivity index (χ0n) is 16.0. The largest absolute Gasteiger partial charge is 0.465 e. The highest BCUT2D eigenvalue weighted by atomic mass is 28.4. The average molecular weight is 354 g/mol. The van der Waals surface area contributed by atoms with Crippen molar-refractivity contribution in [2.75, 3.05) is 0 Å². The Kier molecular flexibility index (Phi) is 5.75. The molecule has 0 saturated heterocycles. The Bertz CT molecular complexity index is 550. The summed E-state index contributed by atoms with van der Waals surface area (Å²) >= 11 is 0. The summed E-state index contributed by atoms with van der Waals surface area (Å²) in [6.45, 7) is 19.1. The highest BCUT2D eigenvalue weighted by Crippen LogP contribution is 2.42. The van der Waals surface area contributed by atoms with E-state index in [9.17, 15) is 5.26 Å². The predicted octanol–water partition coefficient (Wildman–Crippen LogP) is 5.26. The van der Waals surface area contributed by atoms with Gasteiger partial charge in [0.2, 0.25) is 5.60 Å². The molecule has 0 aliphatic carbocycles.